The van der Waals surface area contributed by atoms with Crippen LogP contribution < -0.4 is 0 Å². The molecule has 58 heavy (non-hydrogen) atoms. The maximum atomic E-state index is 2.59. The lowest BCUT2D eigenvalue weighted by Gasteiger charge is -2.31. The van der Waals surface area contributed by atoms with Crippen LogP contribution in [0.2, 0.25) is 0 Å². The van der Waals surface area contributed by atoms with Crippen molar-refractivity contribution in [3.05, 3.63) is 132 Å². The Morgan fingerprint density at radius 1 is 0.207 bits per heavy atom. The summed E-state index contributed by atoms with van der Waals surface area (Å²) >= 11 is 0. The molecule has 0 atom stereocenters. The van der Waals surface area contributed by atoms with E-state index in [0.717, 1.165) is 12.8 Å². The molecule has 262 valence electrons. The summed E-state index contributed by atoms with van der Waals surface area (Å²) in [4.78, 5) is 0. The minimum absolute atomic E-state index is 0.986. The van der Waals surface area contributed by atoms with Crippen molar-refractivity contribution in [3.8, 4) is 0 Å². The maximum Gasteiger partial charge on any atom is -0.0000143 e. The Morgan fingerprint density at radius 3 is 0.879 bits per heavy atom. The highest BCUT2D eigenvalue weighted by atomic mass is 14.4. The molecule has 0 aromatic heterocycles. The first-order valence-electron chi connectivity index (χ1n) is 21.2. The lowest BCUT2D eigenvalue weighted by molar-refractivity contribution is 1.17. The van der Waals surface area contributed by atoms with Crippen molar-refractivity contribution >= 4 is 172 Å². The van der Waals surface area contributed by atoms with Gasteiger partial charge >= 0.3 is 0 Å². The van der Waals surface area contributed by atoms with Crippen LogP contribution in [0, 0.1) is 0 Å². The van der Waals surface area contributed by atoms with E-state index in [9.17, 15) is 0 Å². The number of fused-ring (bicyclic) bond motifs is 10. The van der Waals surface area contributed by atoms with Crippen molar-refractivity contribution in [3.63, 3.8) is 0 Å². The van der Waals surface area contributed by atoms with E-state index in [1.807, 2.05) is 0 Å². The third kappa shape index (κ3) is 2.58. The first kappa shape index (κ1) is 28.4. The summed E-state index contributed by atoms with van der Waals surface area (Å²) in [5, 5.41) is 46.0. The van der Waals surface area contributed by atoms with Crippen LogP contribution in [0.5, 0.6) is 0 Å². The third-order valence-electron chi connectivity index (χ3n) is 15.8. The van der Waals surface area contributed by atoms with Crippen molar-refractivity contribution in [1.29, 1.82) is 0 Å². The van der Waals surface area contributed by atoms with E-state index in [1.54, 1.807) is 0 Å². The molecule has 0 radical (unpaired) electrons. The van der Waals surface area contributed by atoms with Crippen LogP contribution >= 0.6 is 0 Å². The number of hydrogen-bond acceptors (Lipinski definition) is 0. The van der Waals surface area contributed by atoms with E-state index in [2.05, 4.69) is 135 Å². The lowest BCUT2D eigenvalue weighted by Crippen LogP contribution is -2.03. The third-order valence-corrected chi connectivity index (χ3v) is 15.8. The van der Waals surface area contributed by atoms with Crippen LogP contribution in [0.1, 0.15) is 25.0 Å². The monoisotopic (exact) mass is 726 g/mol. The topological polar surface area (TPSA) is 0 Å². The smallest absolute Gasteiger partial charge is 0.0000143 e. The van der Waals surface area contributed by atoms with Gasteiger partial charge in [0, 0.05) is 0 Å². The second kappa shape index (κ2) is 8.76. The molecule has 0 amide bonds. The Balaban J connectivity index is 1.39. The first-order valence-corrected chi connectivity index (χ1v) is 21.2. The molecule has 0 unspecified atom stereocenters. The van der Waals surface area contributed by atoms with Crippen LogP contribution in [0.25, 0.3) is 172 Å². The van der Waals surface area contributed by atoms with E-state index in [1.165, 1.54) is 183 Å². The zero-order chi connectivity index (χ0) is 37.2. The number of hydrogen-bond donors (Lipinski definition) is 0. The van der Waals surface area contributed by atoms with E-state index >= 15 is 0 Å². The molecule has 0 nitrogen and oxygen atoms in total. The summed E-state index contributed by atoms with van der Waals surface area (Å²) in [5.41, 5.74) is 2.91. The minimum atomic E-state index is 0.986. The van der Waals surface area contributed by atoms with E-state index in [4.69, 9.17) is 0 Å². The molecule has 0 bridgehead atoms. The van der Waals surface area contributed by atoms with Gasteiger partial charge in [-0.1, -0.05) is 123 Å². The molecule has 0 saturated carbocycles. The van der Waals surface area contributed by atoms with Gasteiger partial charge in [0.15, 0.2) is 0 Å². The Bertz CT molecular complexity index is 4360. The lowest BCUT2D eigenvalue weighted by atomic mass is 9.70. The van der Waals surface area contributed by atoms with Gasteiger partial charge in [0.2, 0.25) is 0 Å². The molecule has 0 fully saturated rings. The molecule has 0 aliphatic heterocycles. The van der Waals surface area contributed by atoms with Crippen molar-refractivity contribution in [2.24, 2.45) is 0 Å². The fourth-order valence-electron chi connectivity index (χ4n) is 13.9. The molecular formula is C58H30. The zero-order valence-corrected chi connectivity index (χ0v) is 32.0. The van der Waals surface area contributed by atoms with Gasteiger partial charge in [-0.3, -0.25) is 0 Å². The van der Waals surface area contributed by atoms with Crippen LogP contribution in [0.4, 0.5) is 0 Å². The molecule has 17 aromatic rings. The Hall–Kier alpha value is -7.02. The predicted molar refractivity (Wildman–Crippen MR) is 255 cm³/mol. The molecule has 0 saturated heterocycles. The molecule has 0 heterocycles. The second-order valence-corrected chi connectivity index (χ2v) is 17.7. The molecule has 0 heteroatoms. The van der Waals surface area contributed by atoms with Crippen molar-refractivity contribution < 1.29 is 0 Å². The molecule has 0 spiro atoms. The average molecular weight is 727 g/mol. The highest BCUT2D eigenvalue weighted by Gasteiger charge is 2.34. The molecule has 17 rings (SSSR count). The summed E-state index contributed by atoms with van der Waals surface area (Å²) in [7, 11) is 0. The maximum absolute atomic E-state index is 2.59. The van der Waals surface area contributed by atoms with Gasteiger partial charge < -0.3 is 0 Å². The quantitative estimate of drug-likeness (QED) is 0.123. The fourth-order valence-corrected chi connectivity index (χ4v) is 13.9. The van der Waals surface area contributed by atoms with Gasteiger partial charge in [-0.05, 0) is 208 Å². The number of rotatable bonds is 2. The van der Waals surface area contributed by atoms with Gasteiger partial charge in [-0.2, -0.15) is 0 Å². The molecule has 0 aliphatic rings. The normalized spacial score (nSPS) is 13.8. The summed E-state index contributed by atoms with van der Waals surface area (Å²) in [5.74, 6) is 0. The fraction of sp³-hybridized carbons (Fsp3) is 0.0690. The minimum Gasteiger partial charge on any atom is -0.0616 e. The van der Waals surface area contributed by atoms with Crippen molar-refractivity contribution in [2.75, 3.05) is 0 Å². The Morgan fingerprint density at radius 2 is 0.466 bits per heavy atom. The molecule has 17 aromatic carbocycles. The second-order valence-electron chi connectivity index (χ2n) is 17.7. The van der Waals surface area contributed by atoms with E-state index < -0.39 is 0 Å². The first-order chi connectivity index (χ1) is 28.8. The molecular weight excluding hydrogens is 697 g/mol. The van der Waals surface area contributed by atoms with Crippen molar-refractivity contribution in [1.82, 2.24) is 0 Å². The van der Waals surface area contributed by atoms with Gasteiger partial charge in [0.05, 0.1) is 0 Å². The van der Waals surface area contributed by atoms with Crippen LogP contribution in [0.15, 0.2) is 121 Å². The molecule has 0 N–H and O–H groups in total. The summed E-state index contributed by atoms with van der Waals surface area (Å²) in [6, 6.07) is 48.1. The van der Waals surface area contributed by atoms with E-state index in [-0.39, 0.29) is 0 Å². The van der Waals surface area contributed by atoms with Crippen LogP contribution in [0.3, 0.4) is 0 Å². The largest absolute Gasteiger partial charge is 0.0616 e. The number of benzene rings is 17. The van der Waals surface area contributed by atoms with Gasteiger partial charge in [-0.25, -0.2) is 0 Å². The highest BCUT2D eigenvalue weighted by molar-refractivity contribution is 6.64. The van der Waals surface area contributed by atoms with Crippen molar-refractivity contribution in [2.45, 2.75) is 26.7 Å². The standard InChI is InChI=1S/C58H30/c1-3-25-23-39-29-13-7-5-11-27(29)33-19-22-36-32-16-10-18-38-42-26(4-2)24-40-30-14-8-6-12-28(30)34-20-21-35-31-15-9-17-37-41(25)51-49(39)45(33)47(36)55-54(44(32)38)58-52(42)50(40)46(34)48(35)56(58)53(43(31)37)57(51)55/h5-24H,3-4H2,1-2H3. The zero-order valence-electron chi connectivity index (χ0n) is 32.0. The van der Waals surface area contributed by atoms with Crippen LogP contribution in [-0.2, 0) is 12.8 Å². The SMILES string of the molecule is CCc1cc2c3ccccc3c3ccc4c5cccc6c7c(CC)cc8c9ccccc9c9ccc%10c%11cccc%12c1c1c2c3c4c2c(c56)c3c7c8c9c%10c3c(c%11%12)c12. The van der Waals surface area contributed by atoms with Gasteiger partial charge in [-0.15, -0.1) is 0 Å². The summed E-state index contributed by atoms with van der Waals surface area (Å²) in [6.07, 6.45) is 1.97. The Kier molecular flexibility index (Phi) is 4.29. The predicted octanol–water partition coefficient (Wildman–Crippen LogP) is 16.8. The van der Waals surface area contributed by atoms with Gasteiger partial charge in [0.1, 0.15) is 0 Å². The molecule has 0 aliphatic carbocycles. The highest BCUT2D eigenvalue weighted by Crippen LogP contribution is 2.63. The Labute approximate surface area is 330 Å². The average Bonchev–Trinajstić information content (AvgIpc) is 3.28. The van der Waals surface area contributed by atoms with Gasteiger partial charge in [0.25, 0.3) is 0 Å². The van der Waals surface area contributed by atoms with Crippen LogP contribution in [-0.4, -0.2) is 0 Å². The summed E-state index contributed by atoms with van der Waals surface area (Å²) in [6.45, 7) is 4.74. The summed E-state index contributed by atoms with van der Waals surface area (Å²) < 4.78 is 0. The number of aryl methyl sites for hydroxylation is 2. The van der Waals surface area contributed by atoms with E-state index in [0.29, 0.717) is 0 Å².